The lowest BCUT2D eigenvalue weighted by molar-refractivity contribution is -0.315. The SMILES string of the molecule is O=C(COC(=O)C(F)(F)S(=O)(=O)O)OC12CC3CC(C1)C1(OCCO1)C(C3)C2. The lowest BCUT2D eigenvalue weighted by Crippen LogP contribution is -2.65. The number of hydrogen-bond donors (Lipinski definition) is 1. The topological polar surface area (TPSA) is 125 Å². The minimum atomic E-state index is -5.99. The maximum atomic E-state index is 13.2. The van der Waals surface area contributed by atoms with Gasteiger partial charge in [-0.25, -0.2) is 9.59 Å². The molecule has 1 spiro atoms. The van der Waals surface area contributed by atoms with Crippen molar-refractivity contribution in [1.82, 2.24) is 0 Å². The van der Waals surface area contributed by atoms with Gasteiger partial charge in [0.05, 0.1) is 13.2 Å². The van der Waals surface area contributed by atoms with Gasteiger partial charge in [0.25, 0.3) is 0 Å². The van der Waals surface area contributed by atoms with Crippen LogP contribution >= 0.6 is 0 Å². The van der Waals surface area contributed by atoms with Gasteiger partial charge in [-0.05, 0) is 38.0 Å². The predicted molar refractivity (Wildman–Crippen MR) is 84.5 cm³/mol. The first-order valence-electron chi connectivity index (χ1n) is 8.99. The summed E-state index contributed by atoms with van der Waals surface area (Å²) in [6.07, 6.45) is 3.41. The summed E-state index contributed by atoms with van der Waals surface area (Å²) in [5.41, 5.74) is -0.799. The van der Waals surface area contributed by atoms with E-state index >= 15 is 0 Å². The van der Waals surface area contributed by atoms with Crippen LogP contribution in [0.15, 0.2) is 0 Å². The molecule has 2 unspecified atom stereocenters. The Morgan fingerprint density at radius 1 is 1.11 bits per heavy atom. The second kappa shape index (κ2) is 6.31. The van der Waals surface area contributed by atoms with Gasteiger partial charge >= 0.3 is 27.3 Å². The van der Waals surface area contributed by atoms with Crippen molar-refractivity contribution in [1.29, 1.82) is 0 Å². The van der Waals surface area contributed by atoms with Gasteiger partial charge in [-0.15, -0.1) is 0 Å². The summed E-state index contributed by atoms with van der Waals surface area (Å²) in [7, 11) is -5.99. The number of esters is 2. The summed E-state index contributed by atoms with van der Waals surface area (Å²) in [5.74, 6) is -3.79. The Kier molecular flexibility index (Phi) is 4.49. The van der Waals surface area contributed by atoms with E-state index < -0.39 is 45.3 Å². The molecule has 4 aliphatic carbocycles. The van der Waals surface area contributed by atoms with Crippen LogP contribution in [0.2, 0.25) is 0 Å². The molecule has 1 aliphatic heterocycles. The normalized spacial score (nSPS) is 35.9. The van der Waals surface area contributed by atoms with E-state index in [1.807, 2.05) is 0 Å². The van der Waals surface area contributed by atoms with Crippen LogP contribution in [0, 0.1) is 17.8 Å². The van der Waals surface area contributed by atoms with Crippen molar-refractivity contribution in [2.45, 2.75) is 48.7 Å². The number of carbonyl (C=O) groups is 2. The van der Waals surface area contributed by atoms with Gasteiger partial charge in [-0.2, -0.15) is 17.2 Å². The predicted octanol–water partition coefficient (Wildman–Crippen LogP) is 0.875. The lowest BCUT2D eigenvalue weighted by atomic mass is 9.51. The Morgan fingerprint density at radius 3 is 2.21 bits per heavy atom. The molecule has 4 bridgehead atoms. The highest BCUT2D eigenvalue weighted by molar-refractivity contribution is 7.87. The average Bonchev–Trinajstić information content (AvgIpc) is 3.06. The standard InChI is InChI=1S/C16H20F2O9S/c17-16(18,28(21,22)23)13(20)24-8-12(19)27-14-5-9-3-10(6-14)15(11(4-9)7-14)25-1-2-26-15/h9-11H,1-8H2,(H,21,22,23). The van der Waals surface area contributed by atoms with Crippen molar-refractivity contribution in [3.8, 4) is 0 Å². The van der Waals surface area contributed by atoms with Crippen molar-refractivity contribution >= 4 is 22.1 Å². The molecule has 0 aromatic heterocycles. The Labute approximate surface area is 159 Å². The molecule has 0 aromatic carbocycles. The zero-order valence-corrected chi connectivity index (χ0v) is 15.6. The molecular formula is C16H20F2O9S. The number of hydrogen-bond acceptors (Lipinski definition) is 8. The number of rotatable bonds is 5. The Balaban J connectivity index is 1.39. The summed E-state index contributed by atoms with van der Waals surface area (Å²) in [6, 6.07) is 0. The molecule has 5 fully saturated rings. The average molecular weight is 426 g/mol. The van der Waals surface area contributed by atoms with Crippen molar-refractivity contribution < 1.29 is 50.3 Å². The van der Waals surface area contributed by atoms with Crippen LogP contribution in [0.5, 0.6) is 0 Å². The van der Waals surface area contributed by atoms with Crippen LogP contribution in [0.1, 0.15) is 32.1 Å². The van der Waals surface area contributed by atoms with Crippen molar-refractivity contribution in [2.24, 2.45) is 17.8 Å². The highest BCUT2D eigenvalue weighted by atomic mass is 32.2. The molecule has 28 heavy (non-hydrogen) atoms. The first-order valence-corrected chi connectivity index (χ1v) is 10.4. The molecule has 5 rings (SSSR count). The third-order valence-corrected chi connectivity index (χ3v) is 7.04. The molecule has 0 amide bonds. The summed E-state index contributed by atoms with van der Waals surface area (Å²) in [5, 5.41) is -5.16. The number of halogens is 2. The molecule has 0 radical (unpaired) electrons. The summed E-state index contributed by atoms with van der Waals surface area (Å²) >= 11 is 0. The molecule has 4 saturated carbocycles. The number of ether oxygens (including phenoxy) is 4. The van der Waals surface area contributed by atoms with Crippen LogP contribution in [0.25, 0.3) is 0 Å². The van der Waals surface area contributed by atoms with Gasteiger partial charge in [0.2, 0.25) is 0 Å². The molecule has 158 valence electrons. The van der Waals surface area contributed by atoms with Gasteiger partial charge < -0.3 is 18.9 Å². The van der Waals surface area contributed by atoms with Gasteiger partial charge in [0, 0.05) is 11.8 Å². The van der Waals surface area contributed by atoms with E-state index in [1.54, 1.807) is 0 Å². The molecule has 1 N–H and O–H groups in total. The minimum absolute atomic E-state index is 0.0560. The zero-order chi connectivity index (χ0) is 20.4. The molecule has 12 heteroatoms. The van der Waals surface area contributed by atoms with Crippen molar-refractivity contribution in [2.75, 3.05) is 19.8 Å². The minimum Gasteiger partial charge on any atom is -0.457 e. The van der Waals surface area contributed by atoms with Gasteiger partial charge in [-0.1, -0.05) is 0 Å². The molecule has 1 heterocycles. The molecule has 5 aliphatic rings. The van der Waals surface area contributed by atoms with E-state index in [1.165, 1.54) is 0 Å². The highest BCUT2D eigenvalue weighted by Crippen LogP contribution is 2.63. The Bertz CT molecular complexity index is 772. The summed E-state index contributed by atoms with van der Waals surface area (Å²) < 4.78 is 77.2. The summed E-state index contributed by atoms with van der Waals surface area (Å²) in [4.78, 5) is 23.3. The van der Waals surface area contributed by atoms with E-state index in [-0.39, 0.29) is 11.8 Å². The highest BCUT2D eigenvalue weighted by Gasteiger charge is 2.66. The molecule has 0 aromatic rings. The van der Waals surface area contributed by atoms with Gasteiger partial charge in [-0.3, -0.25) is 4.55 Å². The van der Waals surface area contributed by atoms with Crippen LogP contribution in [-0.4, -0.2) is 61.4 Å². The van der Waals surface area contributed by atoms with E-state index in [2.05, 4.69) is 4.74 Å². The van der Waals surface area contributed by atoms with E-state index in [0.29, 0.717) is 38.4 Å². The fraction of sp³-hybridized carbons (Fsp3) is 0.875. The fourth-order valence-electron chi connectivity index (χ4n) is 5.48. The second-order valence-corrected chi connectivity index (χ2v) is 9.45. The molecule has 2 atom stereocenters. The monoisotopic (exact) mass is 426 g/mol. The second-order valence-electron chi connectivity index (χ2n) is 7.99. The van der Waals surface area contributed by atoms with Crippen LogP contribution in [0.4, 0.5) is 8.78 Å². The Morgan fingerprint density at radius 2 is 1.68 bits per heavy atom. The zero-order valence-electron chi connectivity index (χ0n) is 14.8. The smallest absolute Gasteiger partial charge is 0.457 e. The molecule has 1 saturated heterocycles. The van der Waals surface area contributed by atoms with E-state index in [0.717, 1.165) is 12.8 Å². The first-order chi connectivity index (χ1) is 13.0. The lowest BCUT2D eigenvalue weighted by Gasteiger charge is -2.61. The third kappa shape index (κ3) is 3.01. The quantitative estimate of drug-likeness (QED) is 0.503. The number of alkyl halides is 2. The fourth-order valence-corrected chi connectivity index (χ4v) is 5.75. The molecular weight excluding hydrogens is 406 g/mol. The Hall–Kier alpha value is -1.37. The van der Waals surface area contributed by atoms with E-state index in [4.69, 9.17) is 18.8 Å². The van der Waals surface area contributed by atoms with E-state index in [9.17, 15) is 26.8 Å². The number of carbonyl (C=O) groups excluding carboxylic acids is 2. The molecule has 9 nitrogen and oxygen atoms in total. The largest absolute Gasteiger partial charge is 0.465 e. The third-order valence-electron chi connectivity index (χ3n) is 6.22. The van der Waals surface area contributed by atoms with Crippen molar-refractivity contribution in [3.05, 3.63) is 0 Å². The van der Waals surface area contributed by atoms with Crippen LogP contribution < -0.4 is 0 Å². The van der Waals surface area contributed by atoms with Gasteiger partial charge in [0.1, 0.15) is 5.60 Å². The van der Waals surface area contributed by atoms with Gasteiger partial charge in [0.15, 0.2) is 12.4 Å². The maximum absolute atomic E-state index is 13.2. The van der Waals surface area contributed by atoms with Crippen LogP contribution in [0.3, 0.4) is 0 Å². The maximum Gasteiger partial charge on any atom is 0.465 e. The summed E-state index contributed by atoms with van der Waals surface area (Å²) in [6.45, 7) is -0.144. The van der Waals surface area contributed by atoms with Crippen molar-refractivity contribution in [3.63, 3.8) is 0 Å². The first kappa shape index (κ1) is 19.9. The van der Waals surface area contributed by atoms with Crippen LogP contribution in [-0.2, 0) is 38.7 Å².